The van der Waals surface area contributed by atoms with Gasteiger partial charge >= 0.3 is 0 Å². The predicted octanol–water partition coefficient (Wildman–Crippen LogP) is 1.55. The summed E-state index contributed by atoms with van der Waals surface area (Å²) in [6, 6.07) is 0. The topological polar surface area (TPSA) is 55.4 Å². The van der Waals surface area contributed by atoms with Crippen LogP contribution in [0.15, 0.2) is 0 Å². The molecule has 0 aromatic rings. The minimum Gasteiger partial charge on any atom is -0.384 e. The number of halogens is 1. The highest BCUT2D eigenvalue weighted by Crippen LogP contribution is 2.01. The molecule has 1 N–H and O–H groups in total. The van der Waals surface area contributed by atoms with Crippen molar-refractivity contribution in [2.45, 2.75) is 25.7 Å². The summed E-state index contributed by atoms with van der Waals surface area (Å²) in [4.78, 5) is 0. The van der Waals surface area contributed by atoms with Crippen molar-refractivity contribution in [3.05, 3.63) is 0 Å². The molecule has 0 spiro atoms. The van der Waals surface area contributed by atoms with Gasteiger partial charge in [-0.3, -0.25) is 0 Å². The lowest BCUT2D eigenvalue weighted by Gasteiger charge is -2.05. The summed E-state index contributed by atoms with van der Waals surface area (Å²) in [5.41, 5.74) is 0. The summed E-state index contributed by atoms with van der Waals surface area (Å²) < 4.78 is 31.0. The van der Waals surface area contributed by atoms with Gasteiger partial charge in [0.05, 0.1) is 12.4 Å². The lowest BCUT2D eigenvalue weighted by atomic mass is 10.2. The van der Waals surface area contributed by atoms with Crippen molar-refractivity contribution in [2.75, 3.05) is 30.4 Å². The van der Waals surface area contributed by atoms with E-state index in [0.717, 1.165) is 12.8 Å². The Bertz CT molecular complexity index is 232. The van der Waals surface area contributed by atoms with Gasteiger partial charge in [-0.15, -0.1) is 0 Å². The fourth-order valence-electron chi connectivity index (χ4n) is 1.07. The number of unbranched alkanes of at least 4 members (excludes halogenated alkanes) is 3. The minimum atomic E-state index is -3.11. The molecule has 0 atom stereocenters. The zero-order chi connectivity index (χ0) is 11.6. The maximum absolute atomic E-state index is 11.3. The van der Waals surface area contributed by atoms with E-state index in [-0.39, 0.29) is 12.4 Å². The first-order chi connectivity index (χ1) is 7.12. The van der Waals surface area contributed by atoms with E-state index in [1.54, 1.807) is 0 Å². The molecule has 0 fully saturated rings. The fourth-order valence-corrected chi connectivity index (χ4v) is 2.59. The second kappa shape index (κ2) is 9.80. The Kier molecular flexibility index (Phi) is 10.2. The molecule has 0 aliphatic heterocycles. The van der Waals surface area contributed by atoms with Gasteiger partial charge < -0.3 is 4.74 Å². The number of nitrogens with one attached hydrogen (secondary N) is 1. The Morgan fingerprint density at radius 1 is 1.20 bits per heavy atom. The molecule has 0 bridgehead atoms. The van der Waals surface area contributed by atoms with Crippen LogP contribution in [-0.4, -0.2) is 38.9 Å². The van der Waals surface area contributed by atoms with Crippen LogP contribution in [0.3, 0.4) is 0 Å². The normalized spacial score (nSPS) is 11.9. The van der Waals surface area contributed by atoms with Crippen LogP contribution in [0.4, 0.5) is 0 Å². The third kappa shape index (κ3) is 10.9. The fraction of sp³-hybridized carbons (Fsp3) is 1.00. The van der Waals surface area contributed by atoms with Gasteiger partial charge in [-0.05, 0) is 17.3 Å². The molecule has 0 aromatic heterocycles. The lowest BCUT2D eigenvalue weighted by Crippen LogP contribution is -2.29. The molecular formula is C9H20INO3S. The van der Waals surface area contributed by atoms with Gasteiger partial charge in [-0.1, -0.05) is 35.4 Å². The number of sulfonamides is 1. The van der Waals surface area contributed by atoms with Gasteiger partial charge in [0.1, 0.15) is 0 Å². The van der Waals surface area contributed by atoms with Crippen LogP contribution < -0.4 is 4.72 Å². The van der Waals surface area contributed by atoms with Crippen LogP contribution >= 0.6 is 22.6 Å². The van der Waals surface area contributed by atoms with Crippen LogP contribution in [0.5, 0.6) is 0 Å². The molecule has 92 valence electrons. The highest BCUT2D eigenvalue weighted by Gasteiger charge is 2.07. The zero-order valence-electron chi connectivity index (χ0n) is 9.17. The van der Waals surface area contributed by atoms with Crippen molar-refractivity contribution >= 4 is 32.6 Å². The van der Waals surface area contributed by atoms with E-state index in [0.29, 0.717) is 6.54 Å². The number of rotatable bonds is 10. The first kappa shape index (κ1) is 15.6. The van der Waals surface area contributed by atoms with Gasteiger partial charge in [-0.25, -0.2) is 13.1 Å². The van der Waals surface area contributed by atoms with Crippen LogP contribution in [0.25, 0.3) is 0 Å². The smallest absolute Gasteiger partial charge is 0.213 e. The average Bonchev–Trinajstić information content (AvgIpc) is 2.20. The third-order valence-corrected chi connectivity index (χ3v) is 4.05. The van der Waals surface area contributed by atoms with E-state index < -0.39 is 10.0 Å². The zero-order valence-corrected chi connectivity index (χ0v) is 12.1. The van der Waals surface area contributed by atoms with Crippen molar-refractivity contribution in [2.24, 2.45) is 0 Å². The summed E-state index contributed by atoms with van der Waals surface area (Å²) in [7, 11) is -1.61. The largest absolute Gasteiger partial charge is 0.384 e. The Morgan fingerprint density at radius 2 is 1.87 bits per heavy atom. The van der Waals surface area contributed by atoms with Gasteiger partial charge in [0.15, 0.2) is 0 Å². The van der Waals surface area contributed by atoms with Crippen LogP contribution in [0, 0.1) is 0 Å². The molecule has 0 rings (SSSR count). The van der Waals surface area contributed by atoms with E-state index in [9.17, 15) is 8.42 Å². The number of methoxy groups -OCH3 is 1. The van der Waals surface area contributed by atoms with Gasteiger partial charge in [0.25, 0.3) is 0 Å². The van der Waals surface area contributed by atoms with E-state index in [2.05, 4.69) is 27.3 Å². The summed E-state index contributed by atoms with van der Waals surface area (Å²) in [6.07, 6.45) is 4.42. The summed E-state index contributed by atoms with van der Waals surface area (Å²) >= 11 is 2.35. The highest BCUT2D eigenvalue weighted by atomic mass is 127. The number of hydrogen-bond acceptors (Lipinski definition) is 3. The predicted molar refractivity (Wildman–Crippen MR) is 71.0 cm³/mol. The lowest BCUT2D eigenvalue weighted by molar-refractivity contribution is 0.217. The van der Waals surface area contributed by atoms with Crippen molar-refractivity contribution in [3.63, 3.8) is 0 Å². The number of hydrogen-bond donors (Lipinski definition) is 1. The molecule has 4 nitrogen and oxygen atoms in total. The molecule has 6 heteroatoms. The molecule has 15 heavy (non-hydrogen) atoms. The molecule has 0 radical (unpaired) electrons. The summed E-state index contributed by atoms with van der Waals surface area (Å²) in [5, 5.41) is 0. The maximum Gasteiger partial charge on any atom is 0.213 e. The SMILES string of the molecule is COCCS(=O)(=O)NCCCCCCI. The Hall–Kier alpha value is 0.600. The minimum absolute atomic E-state index is 0.0528. The van der Waals surface area contributed by atoms with Crippen LogP contribution in [-0.2, 0) is 14.8 Å². The summed E-state index contributed by atoms with van der Waals surface area (Å²) in [5.74, 6) is 0.0528. The molecule has 0 saturated heterocycles. The first-order valence-electron chi connectivity index (χ1n) is 5.14. The average molecular weight is 349 g/mol. The quantitative estimate of drug-likeness (QED) is 0.370. The maximum atomic E-state index is 11.3. The molecule has 0 aliphatic carbocycles. The molecule has 0 aromatic carbocycles. The van der Waals surface area contributed by atoms with Crippen LogP contribution in [0.2, 0.25) is 0 Å². The Balaban J connectivity index is 3.41. The second-order valence-electron chi connectivity index (χ2n) is 3.31. The monoisotopic (exact) mass is 349 g/mol. The van der Waals surface area contributed by atoms with Gasteiger partial charge in [0.2, 0.25) is 10.0 Å². The van der Waals surface area contributed by atoms with Crippen molar-refractivity contribution in [1.29, 1.82) is 0 Å². The number of ether oxygens (including phenoxy) is 1. The molecule has 0 aliphatic rings. The van der Waals surface area contributed by atoms with Gasteiger partial charge in [0, 0.05) is 13.7 Å². The van der Waals surface area contributed by atoms with Crippen LogP contribution in [0.1, 0.15) is 25.7 Å². The molecule has 0 unspecified atom stereocenters. The summed E-state index contributed by atoms with van der Waals surface area (Å²) in [6.45, 7) is 0.803. The van der Waals surface area contributed by atoms with E-state index in [4.69, 9.17) is 4.74 Å². The standard InChI is InChI=1S/C9H20INO3S/c1-14-8-9-15(12,13)11-7-5-3-2-4-6-10/h11H,2-9H2,1H3. The van der Waals surface area contributed by atoms with Crippen molar-refractivity contribution < 1.29 is 13.2 Å². The molecule has 0 heterocycles. The first-order valence-corrected chi connectivity index (χ1v) is 8.32. The Morgan fingerprint density at radius 3 is 2.47 bits per heavy atom. The van der Waals surface area contributed by atoms with E-state index in [1.807, 2.05) is 0 Å². The van der Waals surface area contributed by atoms with E-state index >= 15 is 0 Å². The van der Waals surface area contributed by atoms with E-state index in [1.165, 1.54) is 24.4 Å². The Labute approximate surface area is 106 Å². The van der Waals surface area contributed by atoms with Crippen molar-refractivity contribution in [1.82, 2.24) is 4.72 Å². The molecule has 0 saturated carbocycles. The van der Waals surface area contributed by atoms with Crippen molar-refractivity contribution in [3.8, 4) is 0 Å². The van der Waals surface area contributed by atoms with Gasteiger partial charge in [-0.2, -0.15) is 0 Å². The number of alkyl halides is 1. The molecule has 0 amide bonds. The highest BCUT2D eigenvalue weighted by molar-refractivity contribution is 14.1. The molecular weight excluding hydrogens is 329 g/mol. The third-order valence-electron chi connectivity index (χ3n) is 1.94. The second-order valence-corrected chi connectivity index (χ2v) is 6.31.